The molecule has 0 aliphatic carbocycles. The van der Waals surface area contributed by atoms with Crippen LogP contribution in [0, 0.1) is 6.92 Å². The van der Waals surface area contributed by atoms with E-state index in [-0.39, 0.29) is 0 Å². The number of nitrogen functional groups attached to an aromatic ring is 1. The molecule has 16 heavy (non-hydrogen) atoms. The summed E-state index contributed by atoms with van der Waals surface area (Å²) in [5.41, 5.74) is 8.10. The van der Waals surface area contributed by atoms with E-state index in [1.54, 1.807) is 0 Å². The van der Waals surface area contributed by atoms with Crippen LogP contribution in [0.3, 0.4) is 0 Å². The highest BCUT2D eigenvalue weighted by atomic mass is 32.2. The maximum absolute atomic E-state index is 5.93. The molecule has 1 aromatic carbocycles. The molecular weight excluding hydrogens is 218 g/mol. The summed E-state index contributed by atoms with van der Waals surface area (Å²) in [5.74, 6) is 1.10. The molecule has 0 aromatic heterocycles. The second kappa shape index (κ2) is 5.60. The van der Waals surface area contributed by atoms with E-state index in [1.165, 1.54) is 23.3 Å². The van der Waals surface area contributed by atoms with Gasteiger partial charge in [0.2, 0.25) is 0 Å². The lowest BCUT2D eigenvalue weighted by molar-refractivity contribution is 0.109. The largest absolute Gasteiger partial charge is 0.398 e. The normalized spacial score (nSPS) is 20.2. The molecule has 0 bridgehead atoms. The first-order valence-electron chi connectivity index (χ1n) is 5.86. The van der Waals surface area contributed by atoms with Gasteiger partial charge in [0.1, 0.15) is 0 Å². The Labute approximate surface area is 102 Å². The second-order valence-corrected chi connectivity index (χ2v) is 5.45. The first kappa shape index (κ1) is 11.8. The molecule has 2 N–H and O–H groups in total. The van der Waals surface area contributed by atoms with Crippen molar-refractivity contribution in [1.29, 1.82) is 0 Å². The van der Waals surface area contributed by atoms with E-state index < -0.39 is 0 Å². The lowest BCUT2D eigenvalue weighted by Crippen LogP contribution is -2.05. The fraction of sp³-hybridized carbons (Fsp3) is 0.538. The van der Waals surface area contributed by atoms with Gasteiger partial charge in [0.05, 0.1) is 6.10 Å². The van der Waals surface area contributed by atoms with Gasteiger partial charge in [-0.15, -0.1) is 11.8 Å². The van der Waals surface area contributed by atoms with Gasteiger partial charge in [0, 0.05) is 22.9 Å². The number of thioether (sulfide) groups is 1. The number of hydrogen-bond acceptors (Lipinski definition) is 3. The van der Waals surface area contributed by atoms with Crippen LogP contribution in [0.15, 0.2) is 23.1 Å². The van der Waals surface area contributed by atoms with Crippen molar-refractivity contribution in [2.45, 2.75) is 37.2 Å². The number of rotatable bonds is 4. The van der Waals surface area contributed by atoms with Gasteiger partial charge in [0.15, 0.2) is 0 Å². The third kappa shape index (κ3) is 3.16. The van der Waals surface area contributed by atoms with E-state index in [0.29, 0.717) is 6.10 Å². The average molecular weight is 237 g/mol. The standard InChI is InChI=1S/C13H19NOS/c1-10-4-5-12(14)13(9-10)16-8-6-11-3-2-7-15-11/h4-5,9,11H,2-3,6-8,14H2,1H3. The van der Waals surface area contributed by atoms with Crippen molar-refractivity contribution in [1.82, 2.24) is 0 Å². The first-order chi connectivity index (χ1) is 7.75. The summed E-state index contributed by atoms with van der Waals surface area (Å²) >= 11 is 1.84. The van der Waals surface area contributed by atoms with E-state index in [0.717, 1.165) is 24.5 Å². The molecular formula is C13H19NOS. The quantitative estimate of drug-likeness (QED) is 0.645. The Hall–Kier alpha value is -0.670. The number of aryl methyl sites for hydroxylation is 1. The van der Waals surface area contributed by atoms with Gasteiger partial charge in [0.25, 0.3) is 0 Å². The van der Waals surface area contributed by atoms with Gasteiger partial charge >= 0.3 is 0 Å². The summed E-state index contributed by atoms with van der Waals surface area (Å²) in [6.45, 7) is 3.05. The van der Waals surface area contributed by atoms with Crippen LogP contribution >= 0.6 is 11.8 Å². The van der Waals surface area contributed by atoms with Crippen molar-refractivity contribution in [2.75, 3.05) is 18.1 Å². The average Bonchev–Trinajstić information content (AvgIpc) is 2.76. The molecule has 1 saturated heterocycles. The Morgan fingerprint density at radius 2 is 2.38 bits per heavy atom. The topological polar surface area (TPSA) is 35.2 Å². The Kier molecular flexibility index (Phi) is 4.13. The van der Waals surface area contributed by atoms with Crippen LogP contribution in [0.1, 0.15) is 24.8 Å². The molecule has 0 saturated carbocycles. The third-order valence-corrected chi connectivity index (χ3v) is 3.99. The minimum absolute atomic E-state index is 0.485. The molecule has 1 unspecified atom stereocenters. The predicted molar refractivity (Wildman–Crippen MR) is 69.9 cm³/mol. The molecule has 1 aliphatic heterocycles. The summed E-state index contributed by atoms with van der Waals surface area (Å²) < 4.78 is 5.60. The predicted octanol–water partition coefficient (Wildman–Crippen LogP) is 3.24. The maximum atomic E-state index is 5.93. The SMILES string of the molecule is Cc1ccc(N)c(SCCC2CCCO2)c1. The van der Waals surface area contributed by atoms with Crippen LogP contribution in [0.25, 0.3) is 0 Å². The van der Waals surface area contributed by atoms with Crippen molar-refractivity contribution >= 4 is 17.4 Å². The number of benzene rings is 1. The maximum Gasteiger partial charge on any atom is 0.0584 e. The van der Waals surface area contributed by atoms with Crippen LogP contribution in [-0.2, 0) is 4.74 Å². The molecule has 0 spiro atoms. The summed E-state index contributed by atoms with van der Waals surface area (Å²) in [4.78, 5) is 1.21. The molecule has 0 radical (unpaired) electrons. The molecule has 1 fully saturated rings. The summed E-state index contributed by atoms with van der Waals surface area (Å²) in [6, 6.07) is 6.21. The molecule has 3 heteroatoms. The number of hydrogen-bond donors (Lipinski definition) is 1. The smallest absolute Gasteiger partial charge is 0.0584 e. The Bertz CT molecular complexity index is 348. The van der Waals surface area contributed by atoms with E-state index >= 15 is 0 Å². The molecule has 2 rings (SSSR count). The molecule has 2 nitrogen and oxygen atoms in total. The summed E-state index contributed by atoms with van der Waals surface area (Å²) in [6.07, 6.45) is 4.07. The Morgan fingerprint density at radius 3 is 3.12 bits per heavy atom. The number of ether oxygens (including phenoxy) is 1. The van der Waals surface area contributed by atoms with Crippen LogP contribution in [0.5, 0.6) is 0 Å². The van der Waals surface area contributed by atoms with Crippen LogP contribution < -0.4 is 5.73 Å². The van der Waals surface area contributed by atoms with Crippen LogP contribution in [0.4, 0.5) is 5.69 Å². The highest BCUT2D eigenvalue weighted by Gasteiger charge is 2.14. The van der Waals surface area contributed by atoms with E-state index in [9.17, 15) is 0 Å². The first-order valence-corrected chi connectivity index (χ1v) is 6.85. The lowest BCUT2D eigenvalue weighted by atomic mass is 10.2. The van der Waals surface area contributed by atoms with E-state index in [2.05, 4.69) is 19.1 Å². The molecule has 0 amide bonds. The van der Waals surface area contributed by atoms with Crippen molar-refractivity contribution in [2.24, 2.45) is 0 Å². The third-order valence-electron chi connectivity index (χ3n) is 2.89. The van der Waals surface area contributed by atoms with E-state index in [1.807, 2.05) is 17.8 Å². The Morgan fingerprint density at radius 1 is 1.50 bits per heavy atom. The van der Waals surface area contributed by atoms with Gasteiger partial charge in [-0.25, -0.2) is 0 Å². The number of nitrogens with two attached hydrogens (primary N) is 1. The minimum atomic E-state index is 0.485. The zero-order valence-electron chi connectivity index (χ0n) is 9.74. The minimum Gasteiger partial charge on any atom is -0.398 e. The van der Waals surface area contributed by atoms with E-state index in [4.69, 9.17) is 10.5 Å². The van der Waals surface area contributed by atoms with Crippen LogP contribution in [0.2, 0.25) is 0 Å². The van der Waals surface area contributed by atoms with Crippen molar-refractivity contribution in [3.05, 3.63) is 23.8 Å². The summed E-state index contributed by atoms with van der Waals surface area (Å²) in [7, 11) is 0. The van der Waals surface area contributed by atoms with Gasteiger partial charge in [-0.05, 0) is 43.9 Å². The molecule has 1 atom stereocenters. The van der Waals surface area contributed by atoms with Gasteiger partial charge in [-0.2, -0.15) is 0 Å². The van der Waals surface area contributed by atoms with Gasteiger partial charge in [-0.1, -0.05) is 6.07 Å². The lowest BCUT2D eigenvalue weighted by Gasteiger charge is -2.10. The highest BCUT2D eigenvalue weighted by molar-refractivity contribution is 7.99. The zero-order valence-corrected chi connectivity index (χ0v) is 10.6. The second-order valence-electron chi connectivity index (χ2n) is 4.31. The zero-order chi connectivity index (χ0) is 11.4. The van der Waals surface area contributed by atoms with Crippen molar-refractivity contribution < 1.29 is 4.74 Å². The molecule has 88 valence electrons. The monoisotopic (exact) mass is 237 g/mol. The highest BCUT2D eigenvalue weighted by Crippen LogP contribution is 2.28. The van der Waals surface area contributed by atoms with Crippen LogP contribution in [-0.4, -0.2) is 18.5 Å². The fourth-order valence-electron chi connectivity index (χ4n) is 1.94. The Balaban J connectivity index is 1.82. The van der Waals surface area contributed by atoms with Crippen molar-refractivity contribution in [3.8, 4) is 0 Å². The van der Waals surface area contributed by atoms with Gasteiger partial charge in [-0.3, -0.25) is 0 Å². The number of anilines is 1. The molecule has 1 heterocycles. The molecule has 1 aromatic rings. The van der Waals surface area contributed by atoms with Gasteiger partial charge < -0.3 is 10.5 Å². The van der Waals surface area contributed by atoms with Crippen molar-refractivity contribution in [3.63, 3.8) is 0 Å². The fourth-order valence-corrected chi connectivity index (χ4v) is 3.04. The molecule has 1 aliphatic rings. The summed E-state index contributed by atoms with van der Waals surface area (Å²) in [5, 5.41) is 0.